The lowest BCUT2D eigenvalue weighted by Gasteiger charge is -2.32. The van der Waals surface area contributed by atoms with Gasteiger partial charge in [0.2, 0.25) is 0 Å². The van der Waals surface area contributed by atoms with Crippen molar-refractivity contribution in [1.82, 2.24) is 9.97 Å². The Morgan fingerprint density at radius 2 is 2.05 bits per heavy atom. The first kappa shape index (κ1) is 16.1. The molecule has 5 heteroatoms. The smallest absolute Gasteiger partial charge is 0.186 e. The fourth-order valence-electron chi connectivity index (χ4n) is 2.90. The Labute approximate surface area is 126 Å². The fraction of sp³-hybridized carbons (Fsp3) is 0.750. The minimum absolute atomic E-state index is 0.103. The molecular weight excluding hydrogens is 269 g/mol. The predicted molar refractivity (Wildman–Crippen MR) is 81.8 cm³/mol. The van der Waals surface area contributed by atoms with Crippen LogP contribution in [0, 0.1) is 17.2 Å². The second-order valence-corrected chi connectivity index (χ2v) is 6.61. The van der Waals surface area contributed by atoms with Crippen LogP contribution in [0.5, 0.6) is 0 Å². The molecule has 4 nitrogen and oxygen atoms in total. The molecule has 1 aliphatic heterocycles. The van der Waals surface area contributed by atoms with Crippen molar-refractivity contribution in [3.63, 3.8) is 0 Å². The Morgan fingerprint density at radius 3 is 2.71 bits per heavy atom. The Kier molecular flexibility index (Phi) is 5.51. The molecule has 1 N–H and O–H groups in total. The quantitative estimate of drug-likeness (QED) is 0.873. The van der Waals surface area contributed by atoms with E-state index in [2.05, 4.69) is 29.1 Å². The summed E-state index contributed by atoms with van der Waals surface area (Å²) in [6, 6.07) is 0. The molecule has 0 aromatic carbocycles. The highest BCUT2D eigenvalue weighted by molar-refractivity contribution is 5.37. The summed E-state index contributed by atoms with van der Waals surface area (Å²) in [5.41, 5.74) is 0.570. The van der Waals surface area contributed by atoms with Crippen molar-refractivity contribution in [2.75, 3.05) is 25.1 Å². The van der Waals surface area contributed by atoms with E-state index in [9.17, 15) is 4.39 Å². The SMILES string of the molecule is CCc1ncnc(NCC(C)(C)CC2CCOCC2)c1F. The molecule has 118 valence electrons. The van der Waals surface area contributed by atoms with Crippen molar-refractivity contribution >= 4 is 5.82 Å². The monoisotopic (exact) mass is 295 g/mol. The van der Waals surface area contributed by atoms with E-state index in [0.717, 1.165) is 32.5 Å². The largest absolute Gasteiger partial charge is 0.381 e. The van der Waals surface area contributed by atoms with Gasteiger partial charge in [-0.05, 0) is 37.0 Å². The normalized spacial score (nSPS) is 17.0. The van der Waals surface area contributed by atoms with Gasteiger partial charge in [-0.25, -0.2) is 14.4 Å². The maximum absolute atomic E-state index is 14.1. The lowest BCUT2D eigenvalue weighted by atomic mass is 9.80. The van der Waals surface area contributed by atoms with E-state index in [-0.39, 0.29) is 11.2 Å². The Hall–Kier alpha value is -1.23. The highest BCUT2D eigenvalue weighted by Crippen LogP contribution is 2.31. The maximum Gasteiger partial charge on any atom is 0.186 e. The number of nitrogens with zero attached hydrogens (tertiary/aromatic N) is 2. The molecule has 0 saturated carbocycles. The van der Waals surface area contributed by atoms with Gasteiger partial charge in [-0.15, -0.1) is 0 Å². The van der Waals surface area contributed by atoms with Gasteiger partial charge in [-0.1, -0.05) is 20.8 Å². The minimum atomic E-state index is -0.318. The van der Waals surface area contributed by atoms with E-state index >= 15 is 0 Å². The third kappa shape index (κ3) is 4.63. The molecule has 0 amide bonds. The van der Waals surface area contributed by atoms with E-state index in [1.807, 2.05) is 6.92 Å². The molecule has 0 spiro atoms. The lowest BCUT2D eigenvalue weighted by Crippen LogP contribution is -2.29. The fourth-order valence-corrected chi connectivity index (χ4v) is 2.90. The van der Waals surface area contributed by atoms with Crippen LogP contribution in [0.1, 0.15) is 45.7 Å². The van der Waals surface area contributed by atoms with Crippen molar-refractivity contribution in [2.45, 2.75) is 46.5 Å². The molecule has 0 atom stereocenters. The van der Waals surface area contributed by atoms with Crippen LogP contribution in [0.4, 0.5) is 10.2 Å². The summed E-state index contributed by atoms with van der Waals surface area (Å²) in [5.74, 6) is 0.709. The van der Waals surface area contributed by atoms with Gasteiger partial charge >= 0.3 is 0 Å². The van der Waals surface area contributed by atoms with Gasteiger partial charge in [0, 0.05) is 19.8 Å². The van der Waals surface area contributed by atoms with Gasteiger partial charge in [0.15, 0.2) is 11.6 Å². The number of hydrogen-bond donors (Lipinski definition) is 1. The minimum Gasteiger partial charge on any atom is -0.381 e. The Bertz CT molecular complexity index is 459. The summed E-state index contributed by atoms with van der Waals surface area (Å²) < 4.78 is 19.5. The molecule has 1 fully saturated rings. The summed E-state index contributed by atoms with van der Waals surface area (Å²) in [6.45, 7) is 8.78. The maximum atomic E-state index is 14.1. The second kappa shape index (κ2) is 7.16. The number of halogens is 1. The van der Waals surface area contributed by atoms with Gasteiger partial charge < -0.3 is 10.1 Å². The lowest BCUT2D eigenvalue weighted by molar-refractivity contribution is 0.0526. The van der Waals surface area contributed by atoms with Crippen molar-refractivity contribution in [3.8, 4) is 0 Å². The van der Waals surface area contributed by atoms with E-state index in [0.29, 0.717) is 30.4 Å². The summed E-state index contributed by atoms with van der Waals surface area (Å²) in [6.07, 6.45) is 5.39. The van der Waals surface area contributed by atoms with Crippen LogP contribution in [-0.4, -0.2) is 29.7 Å². The first-order chi connectivity index (χ1) is 10.0. The first-order valence-corrected chi connectivity index (χ1v) is 7.83. The van der Waals surface area contributed by atoms with Crippen LogP contribution >= 0.6 is 0 Å². The summed E-state index contributed by atoms with van der Waals surface area (Å²) in [7, 11) is 0. The standard InChI is InChI=1S/C16H26FN3O/c1-4-13-14(17)15(20-11-19-13)18-10-16(2,3)9-12-5-7-21-8-6-12/h11-12H,4-10H2,1-3H3,(H,18,19,20). The van der Waals surface area contributed by atoms with E-state index in [4.69, 9.17) is 4.74 Å². The topological polar surface area (TPSA) is 47.0 Å². The van der Waals surface area contributed by atoms with Crippen LogP contribution in [-0.2, 0) is 11.2 Å². The molecule has 1 aromatic rings. The van der Waals surface area contributed by atoms with Crippen molar-refractivity contribution in [1.29, 1.82) is 0 Å². The zero-order valence-electron chi connectivity index (χ0n) is 13.3. The third-order valence-electron chi connectivity index (χ3n) is 4.11. The second-order valence-electron chi connectivity index (χ2n) is 6.61. The molecule has 0 radical (unpaired) electrons. The summed E-state index contributed by atoms with van der Waals surface area (Å²) in [4.78, 5) is 7.97. The van der Waals surface area contributed by atoms with Gasteiger partial charge in [0.05, 0.1) is 5.69 Å². The predicted octanol–water partition coefficient (Wildman–Crippen LogP) is 3.43. The number of ether oxygens (including phenoxy) is 1. The molecule has 2 rings (SSSR count). The number of rotatable bonds is 6. The zero-order valence-corrected chi connectivity index (χ0v) is 13.3. The zero-order chi connectivity index (χ0) is 15.3. The molecule has 1 saturated heterocycles. The van der Waals surface area contributed by atoms with Gasteiger partial charge in [-0.2, -0.15) is 0 Å². The number of anilines is 1. The molecule has 0 aliphatic carbocycles. The van der Waals surface area contributed by atoms with E-state index in [1.165, 1.54) is 6.33 Å². The molecule has 2 heterocycles. The molecular formula is C16H26FN3O. The number of hydrogen-bond acceptors (Lipinski definition) is 4. The highest BCUT2D eigenvalue weighted by Gasteiger charge is 2.25. The van der Waals surface area contributed by atoms with Crippen LogP contribution in [0.3, 0.4) is 0 Å². The third-order valence-corrected chi connectivity index (χ3v) is 4.11. The van der Waals surface area contributed by atoms with Crippen LogP contribution in [0.15, 0.2) is 6.33 Å². The molecule has 0 bridgehead atoms. The van der Waals surface area contributed by atoms with Crippen molar-refractivity contribution in [2.24, 2.45) is 11.3 Å². The summed E-state index contributed by atoms with van der Waals surface area (Å²) in [5, 5.41) is 3.16. The highest BCUT2D eigenvalue weighted by atomic mass is 19.1. The van der Waals surface area contributed by atoms with Crippen LogP contribution in [0.2, 0.25) is 0 Å². The van der Waals surface area contributed by atoms with Gasteiger partial charge in [-0.3, -0.25) is 0 Å². The van der Waals surface area contributed by atoms with Crippen molar-refractivity contribution < 1.29 is 9.13 Å². The Morgan fingerprint density at radius 1 is 1.33 bits per heavy atom. The van der Waals surface area contributed by atoms with E-state index in [1.54, 1.807) is 0 Å². The molecule has 1 aromatic heterocycles. The van der Waals surface area contributed by atoms with Crippen LogP contribution in [0.25, 0.3) is 0 Å². The van der Waals surface area contributed by atoms with Crippen molar-refractivity contribution in [3.05, 3.63) is 17.8 Å². The number of aryl methyl sites for hydroxylation is 1. The molecule has 0 unspecified atom stereocenters. The average molecular weight is 295 g/mol. The number of nitrogens with one attached hydrogen (secondary N) is 1. The summed E-state index contributed by atoms with van der Waals surface area (Å²) >= 11 is 0. The molecule has 1 aliphatic rings. The molecule has 21 heavy (non-hydrogen) atoms. The van der Waals surface area contributed by atoms with Gasteiger partial charge in [0.25, 0.3) is 0 Å². The first-order valence-electron chi connectivity index (χ1n) is 7.83. The Balaban J connectivity index is 1.91. The van der Waals surface area contributed by atoms with Gasteiger partial charge in [0.1, 0.15) is 6.33 Å². The average Bonchev–Trinajstić information content (AvgIpc) is 2.47. The van der Waals surface area contributed by atoms with E-state index < -0.39 is 0 Å². The number of aromatic nitrogens is 2. The van der Waals surface area contributed by atoms with Crippen LogP contribution < -0.4 is 5.32 Å².